The van der Waals surface area contributed by atoms with Crippen molar-refractivity contribution in [2.24, 2.45) is 0 Å². The third kappa shape index (κ3) is 4.69. The van der Waals surface area contributed by atoms with Gasteiger partial charge in [0.25, 0.3) is 5.92 Å². The number of amides is 2. The zero-order valence-electron chi connectivity index (χ0n) is 22.6. The number of carbonyl (C=O) groups excluding carboxylic acids is 2. The summed E-state index contributed by atoms with van der Waals surface area (Å²) in [4.78, 5) is 33.3. The summed E-state index contributed by atoms with van der Waals surface area (Å²) < 4.78 is 79.4. The lowest BCUT2D eigenvalue weighted by Gasteiger charge is -2.30. The number of alkyl halides is 5. The van der Waals surface area contributed by atoms with E-state index < -0.39 is 36.8 Å². The van der Waals surface area contributed by atoms with E-state index in [1.165, 1.54) is 4.90 Å². The average Bonchev–Trinajstić information content (AvgIpc) is 3.57. The van der Waals surface area contributed by atoms with Crippen molar-refractivity contribution in [3.63, 3.8) is 0 Å². The number of fused-ring (bicyclic) bond motifs is 1. The molecule has 6 heterocycles. The highest BCUT2D eigenvalue weighted by atomic mass is 19.4. The standard InChI is InChI=1S/C29H25F5N6O3/c30-28(31)15-39(7-8-43-16-28)27(42)38-6-5-37-14-20(19-10-18(29(32,33)34)9-17(13-38)26(19)37)24-22(41)12-36-25(24)21-11-35-23-3-1-2-4-40(21)23/h1-4,9-11,14,36H,5-8,12-13,15-16H2. The second kappa shape index (κ2) is 9.79. The molecule has 0 unspecified atom stereocenters. The number of urea groups is 1. The van der Waals surface area contributed by atoms with Gasteiger partial charge in [0.15, 0.2) is 5.78 Å². The molecule has 3 aromatic heterocycles. The number of nitrogens with one attached hydrogen (secondary N) is 1. The van der Waals surface area contributed by atoms with E-state index in [0.29, 0.717) is 28.1 Å². The SMILES string of the molecule is O=C1CNC(c2cnc3ccccn23)=C1c1cn2c3c(cc(C(F)(F)F)cc13)CN(C(=O)N1CCOCC(F)(F)C1)CC2. The third-order valence-electron chi connectivity index (χ3n) is 8.03. The van der Waals surface area contributed by atoms with E-state index in [1.807, 2.05) is 12.1 Å². The number of Topliss-reactive ketones (excluding diaryl/α,β-unsaturated/α-hetero) is 1. The third-order valence-corrected chi connectivity index (χ3v) is 8.03. The van der Waals surface area contributed by atoms with Crippen LogP contribution in [-0.2, 0) is 28.8 Å². The fraction of sp³-hybridized carbons (Fsp3) is 0.345. The maximum atomic E-state index is 14.2. The summed E-state index contributed by atoms with van der Waals surface area (Å²) in [5.41, 5.74) is 1.99. The van der Waals surface area contributed by atoms with Crippen molar-refractivity contribution >= 4 is 39.6 Å². The molecule has 4 aromatic rings. The van der Waals surface area contributed by atoms with E-state index >= 15 is 0 Å². The molecule has 0 radical (unpaired) electrons. The first-order valence-corrected chi connectivity index (χ1v) is 13.7. The minimum atomic E-state index is -4.72. The molecule has 0 atom stereocenters. The minimum Gasteiger partial charge on any atom is -0.375 e. The number of hydrogen-bond acceptors (Lipinski definition) is 5. The Labute approximate surface area is 241 Å². The van der Waals surface area contributed by atoms with Crippen LogP contribution < -0.4 is 5.32 Å². The number of hydrogen-bond donors (Lipinski definition) is 1. The Morgan fingerprint density at radius 3 is 2.74 bits per heavy atom. The Bertz CT molecular complexity index is 1820. The first-order valence-electron chi connectivity index (χ1n) is 13.7. The van der Waals surface area contributed by atoms with Crippen molar-refractivity contribution < 1.29 is 36.3 Å². The van der Waals surface area contributed by atoms with Crippen molar-refractivity contribution in [2.75, 3.05) is 39.4 Å². The van der Waals surface area contributed by atoms with Crippen LogP contribution in [0.2, 0.25) is 0 Å². The molecule has 0 bridgehead atoms. The van der Waals surface area contributed by atoms with E-state index in [4.69, 9.17) is 4.74 Å². The molecule has 3 aliphatic rings. The Hall–Kier alpha value is -4.46. The molecule has 1 N–H and O–H groups in total. The molecule has 1 aromatic carbocycles. The quantitative estimate of drug-likeness (QED) is 0.348. The van der Waals surface area contributed by atoms with Gasteiger partial charge in [-0.05, 0) is 29.8 Å². The number of nitrogens with zero attached hydrogens (tertiary/aromatic N) is 5. The molecule has 1 saturated heterocycles. The lowest BCUT2D eigenvalue weighted by Crippen LogP contribution is -2.48. The lowest BCUT2D eigenvalue weighted by molar-refractivity contribution is -0.137. The van der Waals surface area contributed by atoms with Crippen LogP contribution in [0.5, 0.6) is 0 Å². The summed E-state index contributed by atoms with van der Waals surface area (Å²) in [6, 6.07) is 6.74. The van der Waals surface area contributed by atoms with Gasteiger partial charge in [0, 0.05) is 49.5 Å². The first kappa shape index (κ1) is 27.4. The second-order valence-corrected chi connectivity index (χ2v) is 10.9. The molecule has 7 rings (SSSR count). The largest absolute Gasteiger partial charge is 0.416 e. The summed E-state index contributed by atoms with van der Waals surface area (Å²) in [5.74, 6) is -3.52. The monoisotopic (exact) mass is 600 g/mol. The Morgan fingerprint density at radius 2 is 1.93 bits per heavy atom. The summed E-state index contributed by atoms with van der Waals surface area (Å²) in [6.45, 7) is -1.79. The predicted octanol–water partition coefficient (Wildman–Crippen LogP) is 4.25. The maximum Gasteiger partial charge on any atom is 0.416 e. The number of rotatable bonds is 2. The Balaban J connectivity index is 1.35. The fourth-order valence-electron chi connectivity index (χ4n) is 6.13. The van der Waals surface area contributed by atoms with Crippen LogP contribution in [0.1, 0.15) is 22.4 Å². The highest BCUT2D eigenvalue weighted by Crippen LogP contribution is 2.41. The summed E-state index contributed by atoms with van der Waals surface area (Å²) in [5, 5.41) is 3.32. The number of ether oxygens (including phenoxy) is 1. The van der Waals surface area contributed by atoms with E-state index in [2.05, 4.69) is 10.3 Å². The van der Waals surface area contributed by atoms with Gasteiger partial charge in [-0.15, -0.1) is 0 Å². The molecule has 9 nitrogen and oxygen atoms in total. The zero-order chi connectivity index (χ0) is 30.1. The molecule has 1 fully saturated rings. The van der Waals surface area contributed by atoms with Gasteiger partial charge in [-0.25, -0.2) is 18.6 Å². The Morgan fingerprint density at radius 1 is 1.09 bits per heavy atom. The van der Waals surface area contributed by atoms with Crippen molar-refractivity contribution in [3.05, 3.63) is 71.3 Å². The zero-order valence-corrected chi connectivity index (χ0v) is 22.6. The van der Waals surface area contributed by atoms with Gasteiger partial charge in [-0.1, -0.05) is 6.07 Å². The molecule has 43 heavy (non-hydrogen) atoms. The summed E-state index contributed by atoms with van der Waals surface area (Å²) in [7, 11) is 0. The topological polar surface area (TPSA) is 84.1 Å². The highest BCUT2D eigenvalue weighted by Gasteiger charge is 2.39. The number of aromatic nitrogens is 3. The Kier molecular flexibility index (Phi) is 6.24. The summed E-state index contributed by atoms with van der Waals surface area (Å²) in [6.07, 6.45) is 0.310. The number of imidazole rings is 1. The van der Waals surface area contributed by atoms with Crippen LogP contribution in [0.3, 0.4) is 0 Å². The van der Waals surface area contributed by atoms with Crippen LogP contribution in [0, 0.1) is 0 Å². The van der Waals surface area contributed by atoms with Crippen LogP contribution in [-0.4, -0.2) is 80.9 Å². The molecule has 0 spiro atoms. The molecular weight excluding hydrogens is 575 g/mol. The van der Waals surface area contributed by atoms with E-state index in [1.54, 1.807) is 33.6 Å². The van der Waals surface area contributed by atoms with Crippen LogP contribution in [0.15, 0.2) is 48.9 Å². The minimum absolute atomic E-state index is 0.0321. The normalized spacial score (nSPS) is 19.2. The van der Waals surface area contributed by atoms with Crippen molar-refractivity contribution in [1.29, 1.82) is 0 Å². The van der Waals surface area contributed by atoms with Gasteiger partial charge in [0.05, 0.1) is 53.9 Å². The number of ketones is 1. The summed E-state index contributed by atoms with van der Waals surface area (Å²) >= 11 is 0. The number of pyridine rings is 1. The van der Waals surface area contributed by atoms with Gasteiger partial charge < -0.3 is 24.4 Å². The van der Waals surface area contributed by atoms with E-state index in [0.717, 1.165) is 17.0 Å². The van der Waals surface area contributed by atoms with Gasteiger partial charge in [0.2, 0.25) is 0 Å². The van der Waals surface area contributed by atoms with Gasteiger partial charge >= 0.3 is 12.2 Å². The molecule has 0 saturated carbocycles. The highest BCUT2D eigenvalue weighted by molar-refractivity contribution is 6.33. The number of benzene rings is 1. The molecule has 14 heteroatoms. The number of carbonyl (C=O) groups is 2. The van der Waals surface area contributed by atoms with Gasteiger partial charge in [-0.3, -0.25) is 9.20 Å². The fourth-order valence-corrected chi connectivity index (χ4v) is 6.13. The number of halogens is 5. The van der Waals surface area contributed by atoms with Crippen molar-refractivity contribution in [3.8, 4) is 0 Å². The second-order valence-electron chi connectivity index (χ2n) is 10.9. The average molecular weight is 601 g/mol. The van der Waals surface area contributed by atoms with Gasteiger partial charge in [-0.2, -0.15) is 13.2 Å². The van der Waals surface area contributed by atoms with Crippen molar-refractivity contribution in [1.82, 2.24) is 29.1 Å². The van der Waals surface area contributed by atoms with Gasteiger partial charge in [0.1, 0.15) is 12.3 Å². The van der Waals surface area contributed by atoms with Crippen molar-refractivity contribution in [2.45, 2.75) is 25.2 Å². The molecule has 0 aliphatic carbocycles. The molecule has 224 valence electrons. The predicted molar refractivity (Wildman–Crippen MR) is 145 cm³/mol. The van der Waals surface area contributed by atoms with E-state index in [-0.39, 0.29) is 61.6 Å². The molecular formula is C29H25F5N6O3. The molecule has 2 amide bonds. The first-order chi connectivity index (χ1) is 20.5. The van der Waals surface area contributed by atoms with E-state index in [9.17, 15) is 31.5 Å². The molecule has 3 aliphatic heterocycles. The maximum absolute atomic E-state index is 14.2. The smallest absolute Gasteiger partial charge is 0.375 e. The van der Waals surface area contributed by atoms with Crippen LogP contribution >= 0.6 is 0 Å². The lowest BCUT2D eigenvalue weighted by atomic mass is 9.97. The van der Waals surface area contributed by atoms with Crippen LogP contribution in [0.25, 0.3) is 27.8 Å². The van der Waals surface area contributed by atoms with Crippen LogP contribution in [0.4, 0.5) is 26.7 Å².